The summed E-state index contributed by atoms with van der Waals surface area (Å²) < 4.78 is 10.6. The summed E-state index contributed by atoms with van der Waals surface area (Å²) in [4.78, 5) is 10.4. The molecule has 0 heterocycles. The Hall–Kier alpha value is -1.33. The summed E-state index contributed by atoms with van der Waals surface area (Å²) >= 11 is 0. The summed E-state index contributed by atoms with van der Waals surface area (Å²) in [5.74, 6) is 0.323. The number of hydrogen-bond acceptors (Lipinski definition) is 3. The van der Waals surface area contributed by atoms with Gasteiger partial charge in [0.2, 0.25) is 0 Å². The molecule has 0 radical (unpaired) electrons. The van der Waals surface area contributed by atoms with E-state index in [1.54, 1.807) is 12.1 Å². The topological polar surface area (TPSA) is 55.8 Å². The summed E-state index contributed by atoms with van der Waals surface area (Å²) in [7, 11) is -1.75. The van der Waals surface area contributed by atoms with Crippen LogP contribution < -0.4 is 4.74 Å². The second kappa shape index (κ2) is 5.75. The van der Waals surface area contributed by atoms with E-state index in [0.29, 0.717) is 12.4 Å². The summed E-state index contributed by atoms with van der Waals surface area (Å²) in [5.41, 5.74) is 1.02. The molecule has 0 aromatic heterocycles. The van der Waals surface area contributed by atoms with E-state index in [9.17, 15) is 4.79 Å². The van der Waals surface area contributed by atoms with E-state index in [4.69, 9.17) is 9.53 Å². The van der Waals surface area contributed by atoms with E-state index >= 15 is 0 Å². The van der Waals surface area contributed by atoms with Gasteiger partial charge in [0.15, 0.2) is 8.32 Å². The molecule has 0 amide bonds. The Bertz CT molecular complexity index is 432. The van der Waals surface area contributed by atoms with Crippen LogP contribution in [-0.4, -0.2) is 19.6 Å². The number of carbonyl (C=O) groups is 1. The molecule has 0 saturated carbocycles. The Balaban J connectivity index is 2.62. The fourth-order valence-electron chi connectivity index (χ4n) is 1.23. The minimum absolute atomic E-state index is 0.180. The molecule has 1 aromatic rings. The van der Waals surface area contributed by atoms with Gasteiger partial charge in [-0.3, -0.25) is 0 Å². The SMILES string of the molecule is CC(C)(C)[Si](C)(C)OCc1ccc(OC(=O)O)cc1. The second-order valence-electron chi connectivity index (χ2n) is 6.06. The van der Waals surface area contributed by atoms with Gasteiger partial charge in [0.05, 0.1) is 6.61 Å². The van der Waals surface area contributed by atoms with E-state index < -0.39 is 14.5 Å². The number of ether oxygens (including phenoxy) is 1. The average molecular weight is 282 g/mol. The van der Waals surface area contributed by atoms with Crippen LogP contribution in [0.1, 0.15) is 26.3 Å². The molecule has 1 rings (SSSR count). The molecule has 0 spiro atoms. The predicted molar refractivity (Wildman–Crippen MR) is 77.1 cm³/mol. The summed E-state index contributed by atoms with van der Waals surface area (Å²) in [6.07, 6.45) is -1.30. The van der Waals surface area contributed by atoms with Crippen molar-refractivity contribution < 1.29 is 19.1 Å². The molecule has 0 atom stereocenters. The van der Waals surface area contributed by atoms with E-state index in [0.717, 1.165) is 5.56 Å². The third kappa shape index (κ3) is 4.68. The van der Waals surface area contributed by atoms with Crippen molar-refractivity contribution in [1.82, 2.24) is 0 Å². The first-order valence-corrected chi connectivity index (χ1v) is 9.16. The zero-order chi connectivity index (χ0) is 14.7. The second-order valence-corrected chi connectivity index (χ2v) is 10.9. The van der Waals surface area contributed by atoms with Crippen molar-refractivity contribution in [3.05, 3.63) is 29.8 Å². The maximum Gasteiger partial charge on any atom is 0.511 e. The minimum Gasteiger partial charge on any atom is -0.449 e. The Morgan fingerprint density at radius 2 is 1.74 bits per heavy atom. The van der Waals surface area contributed by atoms with Crippen LogP contribution in [0.2, 0.25) is 18.1 Å². The lowest BCUT2D eigenvalue weighted by Gasteiger charge is -2.36. The van der Waals surface area contributed by atoms with Gasteiger partial charge in [-0.05, 0) is 35.8 Å². The van der Waals surface area contributed by atoms with Crippen LogP contribution in [0.5, 0.6) is 5.75 Å². The number of carboxylic acid groups (broad SMARTS) is 1. The van der Waals surface area contributed by atoms with Crippen LogP contribution in [-0.2, 0) is 11.0 Å². The highest BCUT2D eigenvalue weighted by molar-refractivity contribution is 6.74. The quantitative estimate of drug-likeness (QED) is 0.509. The van der Waals surface area contributed by atoms with Gasteiger partial charge in [0, 0.05) is 0 Å². The van der Waals surface area contributed by atoms with Crippen molar-refractivity contribution in [3.8, 4) is 5.75 Å². The molecule has 0 saturated heterocycles. The molecule has 0 fully saturated rings. The van der Waals surface area contributed by atoms with Gasteiger partial charge in [-0.25, -0.2) is 4.79 Å². The van der Waals surface area contributed by atoms with Gasteiger partial charge in [0.25, 0.3) is 0 Å². The van der Waals surface area contributed by atoms with E-state index in [1.165, 1.54) is 0 Å². The Kier molecular flexibility index (Phi) is 4.76. The van der Waals surface area contributed by atoms with E-state index in [2.05, 4.69) is 38.6 Å². The van der Waals surface area contributed by atoms with Crippen molar-refractivity contribution in [2.24, 2.45) is 0 Å². The third-order valence-corrected chi connectivity index (χ3v) is 8.01. The molecule has 5 heteroatoms. The van der Waals surface area contributed by atoms with Crippen molar-refractivity contribution in [2.75, 3.05) is 0 Å². The molecule has 19 heavy (non-hydrogen) atoms. The van der Waals surface area contributed by atoms with Gasteiger partial charge in [-0.15, -0.1) is 0 Å². The fourth-order valence-corrected chi connectivity index (χ4v) is 2.20. The molecule has 0 bridgehead atoms. The summed E-state index contributed by atoms with van der Waals surface area (Å²) in [5, 5.41) is 8.67. The van der Waals surface area contributed by atoms with Crippen molar-refractivity contribution >= 4 is 14.5 Å². The lowest BCUT2D eigenvalue weighted by atomic mass is 10.2. The first kappa shape index (κ1) is 15.7. The highest BCUT2D eigenvalue weighted by atomic mass is 28.4. The molecule has 0 unspecified atom stereocenters. The van der Waals surface area contributed by atoms with Crippen molar-refractivity contribution in [1.29, 1.82) is 0 Å². The monoisotopic (exact) mass is 282 g/mol. The zero-order valence-corrected chi connectivity index (χ0v) is 13.2. The highest BCUT2D eigenvalue weighted by Gasteiger charge is 2.36. The van der Waals surface area contributed by atoms with Crippen LogP contribution in [0.4, 0.5) is 4.79 Å². The molecular weight excluding hydrogens is 260 g/mol. The van der Waals surface area contributed by atoms with E-state index in [-0.39, 0.29) is 5.04 Å². The molecule has 1 N–H and O–H groups in total. The maximum atomic E-state index is 10.4. The Morgan fingerprint density at radius 1 is 1.21 bits per heavy atom. The molecule has 0 aliphatic heterocycles. The highest BCUT2D eigenvalue weighted by Crippen LogP contribution is 2.37. The summed E-state index contributed by atoms with van der Waals surface area (Å²) in [6, 6.07) is 6.92. The standard InChI is InChI=1S/C14H22O4Si/c1-14(2,3)19(4,5)17-10-11-6-8-12(9-7-11)18-13(15)16/h6-9H,10H2,1-5H3,(H,15,16). The molecule has 106 valence electrons. The van der Waals surface area contributed by atoms with Gasteiger partial charge < -0.3 is 14.3 Å². The van der Waals surface area contributed by atoms with Gasteiger partial charge in [-0.2, -0.15) is 0 Å². The predicted octanol–water partition coefficient (Wildman–Crippen LogP) is 4.27. The maximum absolute atomic E-state index is 10.4. The lowest BCUT2D eigenvalue weighted by Crippen LogP contribution is -2.40. The Morgan fingerprint density at radius 3 is 2.16 bits per heavy atom. The lowest BCUT2D eigenvalue weighted by molar-refractivity contribution is 0.144. The zero-order valence-electron chi connectivity index (χ0n) is 12.2. The smallest absolute Gasteiger partial charge is 0.449 e. The van der Waals surface area contributed by atoms with Gasteiger partial charge in [-0.1, -0.05) is 32.9 Å². The summed E-state index contributed by atoms with van der Waals surface area (Å²) in [6.45, 7) is 11.5. The van der Waals surface area contributed by atoms with Gasteiger partial charge in [0.1, 0.15) is 5.75 Å². The first-order valence-electron chi connectivity index (χ1n) is 6.25. The van der Waals surface area contributed by atoms with E-state index in [1.807, 2.05) is 12.1 Å². The number of benzene rings is 1. The average Bonchev–Trinajstić information content (AvgIpc) is 2.26. The van der Waals surface area contributed by atoms with Crippen LogP contribution in [0.3, 0.4) is 0 Å². The molecule has 0 aliphatic carbocycles. The normalized spacial score (nSPS) is 12.3. The van der Waals surface area contributed by atoms with Crippen LogP contribution in [0.25, 0.3) is 0 Å². The van der Waals surface area contributed by atoms with Gasteiger partial charge >= 0.3 is 6.16 Å². The molecule has 0 aliphatic rings. The number of hydrogen-bond donors (Lipinski definition) is 1. The molecule has 4 nitrogen and oxygen atoms in total. The van der Waals surface area contributed by atoms with Crippen molar-refractivity contribution in [3.63, 3.8) is 0 Å². The largest absolute Gasteiger partial charge is 0.511 e. The first-order chi connectivity index (χ1) is 8.62. The fraction of sp³-hybridized carbons (Fsp3) is 0.500. The Labute approximate surface area is 115 Å². The third-order valence-electron chi connectivity index (χ3n) is 3.53. The molecule has 1 aromatic carbocycles. The van der Waals surface area contributed by atoms with Crippen LogP contribution in [0.15, 0.2) is 24.3 Å². The minimum atomic E-state index is -1.75. The molecular formula is C14H22O4Si. The van der Waals surface area contributed by atoms with Crippen LogP contribution >= 0.6 is 0 Å². The number of rotatable bonds is 4. The van der Waals surface area contributed by atoms with Crippen molar-refractivity contribution in [2.45, 2.75) is 45.5 Å². The van der Waals surface area contributed by atoms with Crippen LogP contribution in [0, 0.1) is 0 Å².